The van der Waals surface area contributed by atoms with Crippen LogP contribution in [0.25, 0.3) is 0 Å². The molecule has 3 nitrogen and oxygen atoms in total. The Balaban J connectivity index is 1.71. The Kier molecular flexibility index (Phi) is 2.06. The molecular weight excluding hydrogens is 190 g/mol. The van der Waals surface area contributed by atoms with Crippen molar-refractivity contribution in [2.75, 3.05) is 6.54 Å². The normalized spacial score (nSPS) is 39.1. The first kappa shape index (κ1) is 9.33. The van der Waals surface area contributed by atoms with E-state index in [0.29, 0.717) is 0 Å². The third-order valence-electron chi connectivity index (χ3n) is 3.67. The van der Waals surface area contributed by atoms with E-state index >= 15 is 0 Å². The summed E-state index contributed by atoms with van der Waals surface area (Å²) in [6.07, 6.45) is -0.632. The molecule has 2 N–H and O–H groups in total. The minimum Gasteiger partial charge on any atom is -0.391 e. The molecule has 1 aliphatic carbocycles. The highest BCUT2D eigenvalue weighted by Gasteiger charge is 2.58. The standard InChI is InChI=1S/C12H15NO2/c14-11-9-7-13(10(11)12(9)15)6-8-4-2-1-3-5-8/h1-5,9-12,14-15H,6-7H2/t9?,10?,11-,12+. The van der Waals surface area contributed by atoms with E-state index in [4.69, 9.17) is 0 Å². The van der Waals surface area contributed by atoms with E-state index in [1.54, 1.807) is 0 Å². The number of rotatable bonds is 2. The summed E-state index contributed by atoms with van der Waals surface area (Å²) >= 11 is 0. The molecule has 3 aliphatic rings. The van der Waals surface area contributed by atoms with Gasteiger partial charge in [0, 0.05) is 19.0 Å². The Bertz CT molecular complexity index is 344. The molecule has 15 heavy (non-hydrogen) atoms. The average molecular weight is 205 g/mol. The van der Waals surface area contributed by atoms with Gasteiger partial charge in [0.05, 0.1) is 18.2 Å². The summed E-state index contributed by atoms with van der Waals surface area (Å²) in [5.41, 5.74) is 1.24. The van der Waals surface area contributed by atoms with Crippen LogP contribution in [0.2, 0.25) is 0 Å². The topological polar surface area (TPSA) is 43.7 Å². The second kappa shape index (κ2) is 3.30. The van der Waals surface area contributed by atoms with Crippen LogP contribution >= 0.6 is 0 Å². The number of aliphatic hydroxyl groups is 2. The lowest BCUT2D eigenvalue weighted by molar-refractivity contribution is -0.0905. The molecule has 2 aliphatic heterocycles. The van der Waals surface area contributed by atoms with Crippen LogP contribution in [0.5, 0.6) is 0 Å². The molecular formula is C12H15NO2. The Morgan fingerprint density at radius 2 is 1.80 bits per heavy atom. The molecule has 1 aromatic carbocycles. The monoisotopic (exact) mass is 205 g/mol. The molecule has 4 atom stereocenters. The van der Waals surface area contributed by atoms with Crippen molar-refractivity contribution >= 4 is 0 Å². The molecule has 0 aromatic heterocycles. The van der Waals surface area contributed by atoms with Crippen molar-refractivity contribution in [3.8, 4) is 0 Å². The number of aliphatic hydroxyl groups excluding tert-OH is 2. The van der Waals surface area contributed by atoms with Crippen molar-refractivity contribution in [1.29, 1.82) is 0 Å². The lowest BCUT2D eigenvalue weighted by Gasteiger charge is -2.38. The number of hydrogen-bond donors (Lipinski definition) is 2. The van der Waals surface area contributed by atoms with Crippen LogP contribution in [-0.2, 0) is 6.54 Å². The molecule has 2 heterocycles. The van der Waals surface area contributed by atoms with Gasteiger partial charge in [-0.15, -0.1) is 0 Å². The Labute approximate surface area is 89.0 Å². The predicted octanol–water partition coefficient (Wildman–Crippen LogP) is 0.222. The van der Waals surface area contributed by atoms with Gasteiger partial charge in [0.25, 0.3) is 0 Å². The van der Waals surface area contributed by atoms with Crippen LogP contribution < -0.4 is 0 Å². The fourth-order valence-electron chi connectivity index (χ4n) is 2.79. The first-order chi connectivity index (χ1) is 7.27. The Hall–Kier alpha value is -0.900. The fraction of sp³-hybridized carbons (Fsp3) is 0.500. The summed E-state index contributed by atoms with van der Waals surface area (Å²) < 4.78 is 0. The van der Waals surface area contributed by atoms with Crippen molar-refractivity contribution in [3.63, 3.8) is 0 Å². The summed E-state index contributed by atoms with van der Waals surface area (Å²) in [5, 5.41) is 19.3. The maximum Gasteiger partial charge on any atom is 0.0786 e. The molecule has 1 aromatic rings. The van der Waals surface area contributed by atoms with E-state index in [-0.39, 0.29) is 24.2 Å². The van der Waals surface area contributed by atoms with Crippen LogP contribution in [-0.4, -0.2) is 39.9 Å². The van der Waals surface area contributed by atoms with Gasteiger partial charge < -0.3 is 10.2 Å². The SMILES string of the molecule is O[C@@H]1C2CN(Cc3ccccc3)C1[C@H]2O. The summed E-state index contributed by atoms with van der Waals surface area (Å²) in [5.74, 6) is 0.0821. The van der Waals surface area contributed by atoms with Crippen LogP contribution in [0.15, 0.2) is 30.3 Å². The number of hydrogen-bond acceptors (Lipinski definition) is 3. The lowest BCUT2D eigenvalue weighted by atomic mass is 9.79. The first-order valence-corrected chi connectivity index (χ1v) is 5.41. The average Bonchev–Trinajstić information content (AvgIpc) is 2.75. The highest BCUT2D eigenvalue weighted by Crippen LogP contribution is 2.41. The van der Waals surface area contributed by atoms with Gasteiger partial charge in [0.15, 0.2) is 0 Å². The van der Waals surface area contributed by atoms with Gasteiger partial charge in [0.1, 0.15) is 0 Å². The molecule has 2 bridgehead atoms. The van der Waals surface area contributed by atoms with Gasteiger partial charge in [-0.05, 0) is 5.56 Å². The largest absolute Gasteiger partial charge is 0.391 e. The van der Waals surface area contributed by atoms with E-state index in [0.717, 1.165) is 13.1 Å². The zero-order valence-corrected chi connectivity index (χ0v) is 8.45. The molecule has 2 saturated heterocycles. The molecule has 2 unspecified atom stereocenters. The van der Waals surface area contributed by atoms with E-state index in [2.05, 4.69) is 17.0 Å². The van der Waals surface area contributed by atoms with Gasteiger partial charge in [-0.2, -0.15) is 0 Å². The number of nitrogens with zero attached hydrogens (tertiary/aromatic N) is 1. The minimum absolute atomic E-state index is 0.0322. The van der Waals surface area contributed by atoms with Crippen molar-refractivity contribution < 1.29 is 10.2 Å². The molecule has 0 amide bonds. The Morgan fingerprint density at radius 1 is 1.13 bits per heavy atom. The predicted molar refractivity (Wildman–Crippen MR) is 56.1 cm³/mol. The lowest BCUT2D eigenvalue weighted by Crippen LogP contribution is -2.56. The van der Waals surface area contributed by atoms with Crippen LogP contribution in [0.1, 0.15) is 5.56 Å². The van der Waals surface area contributed by atoms with E-state index < -0.39 is 0 Å². The second-order valence-corrected chi connectivity index (χ2v) is 4.55. The molecule has 80 valence electrons. The summed E-state index contributed by atoms with van der Waals surface area (Å²) in [6, 6.07) is 10.2. The third-order valence-corrected chi connectivity index (χ3v) is 3.67. The quantitative estimate of drug-likeness (QED) is 0.726. The van der Waals surface area contributed by atoms with Crippen molar-refractivity contribution in [3.05, 3.63) is 35.9 Å². The van der Waals surface area contributed by atoms with E-state index in [9.17, 15) is 10.2 Å². The van der Waals surface area contributed by atoms with E-state index in [1.165, 1.54) is 5.56 Å². The zero-order chi connectivity index (χ0) is 10.4. The number of benzene rings is 1. The van der Waals surface area contributed by atoms with Gasteiger partial charge in [-0.25, -0.2) is 0 Å². The zero-order valence-electron chi connectivity index (χ0n) is 8.45. The molecule has 0 spiro atoms. The van der Waals surface area contributed by atoms with Crippen LogP contribution in [0, 0.1) is 5.92 Å². The van der Waals surface area contributed by atoms with Crippen molar-refractivity contribution in [2.24, 2.45) is 5.92 Å². The minimum atomic E-state index is -0.316. The second-order valence-electron chi connectivity index (χ2n) is 4.55. The van der Waals surface area contributed by atoms with Gasteiger partial charge >= 0.3 is 0 Å². The summed E-state index contributed by atoms with van der Waals surface area (Å²) in [6.45, 7) is 1.65. The fourth-order valence-corrected chi connectivity index (χ4v) is 2.79. The highest BCUT2D eigenvalue weighted by atomic mass is 16.3. The first-order valence-electron chi connectivity index (χ1n) is 5.41. The highest BCUT2D eigenvalue weighted by molar-refractivity contribution is 5.18. The number of fused-ring (bicyclic) bond motifs is 1. The Morgan fingerprint density at radius 3 is 2.33 bits per heavy atom. The molecule has 4 rings (SSSR count). The molecule has 0 radical (unpaired) electrons. The maximum atomic E-state index is 9.66. The van der Waals surface area contributed by atoms with Crippen molar-refractivity contribution in [2.45, 2.75) is 24.8 Å². The maximum absolute atomic E-state index is 9.66. The smallest absolute Gasteiger partial charge is 0.0786 e. The molecule has 3 heteroatoms. The molecule has 1 saturated carbocycles. The van der Waals surface area contributed by atoms with Crippen LogP contribution in [0.3, 0.4) is 0 Å². The van der Waals surface area contributed by atoms with E-state index in [1.807, 2.05) is 18.2 Å². The van der Waals surface area contributed by atoms with Gasteiger partial charge in [-0.1, -0.05) is 30.3 Å². The molecule has 3 fully saturated rings. The van der Waals surface area contributed by atoms with Crippen LogP contribution in [0.4, 0.5) is 0 Å². The van der Waals surface area contributed by atoms with Gasteiger partial charge in [0.2, 0.25) is 0 Å². The summed E-state index contributed by atoms with van der Waals surface area (Å²) in [7, 11) is 0. The van der Waals surface area contributed by atoms with Crippen molar-refractivity contribution in [1.82, 2.24) is 4.90 Å². The third kappa shape index (κ3) is 1.31. The van der Waals surface area contributed by atoms with Gasteiger partial charge in [-0.3, -0.25) is 4.90 Å². The summed E-state index contributed by atoms with van der Waals surface area (Å²) in [4.78, 5) is 2.18.